The lowest BCUT2D eigenvalue weighted by molar-refractivity contribution is 0.0969. The maximum atomic E-state index is 12.2. The molecule has 0 radical (unpaired) electrons. The molecule has 3 nitrogen and oxygen atoms in total. The summed E-state index contributed by atoms with van der Waals surface area (Å²) < 4.78 is 2.54. The molecule has 0 spiro atoms. The van der Waals surface area contributed by atoms with Gasteiger partial charge in [-0.1, -0.05) is 30.3 Å². The summed E-state index contributed by atoms with van der Waals surface area (Å²) in [6.07, 6.45) is 4.04. The molecule has 0 fully saturated rings. The zero-order valence-electron chi connectivity index (χ0n) is 11.0. The van der Waals surface area contributed by atoms with Gasteiger partial charge in [-0.25, -0.2) is 0 Å². The number of aryl methyl sites for hydroxylation is 2. The number of halogens is 1. The third-order valence-electron chi connectivity index (χ3n) is 3.07. The second-order valence-corrected chi connectivity index (χ2v) is 5.27. The molecule has 0 saturated carbocycles. The lowest BCUT2D eigenvalue weighted by Gasteiger charge is -2.05. The SMILES string of the molecule is CCn1ncc(Br)c1C(=O)CCCc1ccccc1. The highest BCUT2D eigenvalue weighted by Crippen LogP contribution is 2.19. The molecule has 1 heterocycles. The summed E-state index contributed by atoms with van der Waals surface area (Å²) in [5.74, 6) is 0.155. The van der Waals surface area contributed by atoms with Gasteiger partial charge >= 0.3 is 0 Å². The van der Waals surface area contributed by atoms with E-state index in [1.54, 1.807) is 10.9 Å². The first-order valence-corrected chi connectivity index (χ1v) is 7.30. The number of aromatic nitrogens is 2. The Bertz CT molecular complexity index is 549. The van der Waals surface area contributed by atoms with Gasteiger partial charge in [-0.3, -0.25) is 9.48 Å². The highest BCUT2D eigenvalue weighted by atomic mass is 79.9. The molecule has 0 bridgehead atoms. The van der Waals surface area contributed by atoms with Crippen molar-refractivity contribution in [3.8, 4) is 0 Å². The number of ketones is 1. The standard InChI is InChI=1S/C15H17BrN2O/c1-2-18-15(13(16)11-17-18)14(19)10-6-9-12-7-4-3-5-8-12/h3-5,7-8,11H,2,6,9-10H2,1H3. The van der Waals surface area contributed by atoms with Crippen LogP contribution in [-0.2, 0) is 13.0 Å². The van der Waals surface area contributed by atoms with E-state index in [9.17, 15) is 4.79 Å². The molecule has 2 aromatic rings. The number of Topliss-reactive ketones (excluding diaryl/α,β-unsaturated/α-hetero) is 1. The summed E-state index contributed by atoms with van der Waals surface area (Å²) in [5, 5.41) is 4.17. The van der Waals surface area contributed by atoms with Crippen molar-refractivity contribution in [1.29, 1.82) is 0 Å². The van der Waals surface area contributed by atoms with Crippen molar-refractivity contribution < 1.29 is 4.79 Å². The summed E-state index contributed by atoms with van der Waals surface area (Å²) >= 11 is 3.39. The molecular formula is C15H17BrN2O. The minimum absolute atomic E-state index is 0.155. The van der Waals surface area contributed by atoms with Gasteiger partial charge in [0.15, 0.2) is 5.78 Å². The van der Waals surface area contributed by atoms with Crippen molar-refractivity contribution >= 4 is 21.7 Å². The number of benzene rings is 1. The molecule has 0 aliphatic heterocycles. The molecule has 0 saturated heterocycles. The summed E-state index contributed by atoms with van der Waals surface area (Å²) in [7, 11) is 0. The average molecular weight is 321 g/mol. The number of hydrogen-bond acceptors (Lipinski definition) is 2. The highest BCUT2D eigenvalue weighted by molar-refractivity contribution is 9.10. The van der Waals surface area contributed by atoms with Crippen molar-refractivity contribution in [3.63, 3.8) is 0 Å². The predicted octanol–water partition coefficient (Wildman–Crippen LogP) is 3.87. The number of carbonyl (C=O) groups is 1. The number of hydrogen-bond donors (Lipinski definition) is 0. The Morgan fingerprint density at radius 2 is 2.05 bits per heavy atom. The molecule has 0 atom stereocenters. The minimum Gasteiger partial charge on any atom is -0.292 e. The first kappa shape index (κ1) is 14.0. The van der Waals surface area contributed by atoms with Gasteiger partial charge in [0, 0.05) is 13.0 Å². The normalized spacial score (nSPS) is 10.6. The summed E-state index contributed by atoms with van der Waals surface area (Å²) in [6, 6.07) is 10.2. The Morgan fingerprint density at radius 3 is 2.74 bits per heavy atom. The summed E-state index contributed by atoms with van der Waals surface area (Å²) in [5.41, 5.74) is 1.97. The smallest absolute Gasteiger partial charge is 0.182 e. The molecule has 2 rings (SSSR count). The van der Waals surface area contributed by atoms with Gasteiger partial charge < -0.3 is 0 Å². The molecule has 4 heteroatoms. The van der Waals surface area contributed by atoms with Crippen LogP contribution in [0.5, 0.6) is 0 Å². The lowest BCUT2D eigenvalue weighted by Crippen LogP contribution is -2.10. The maximum absolute atomic E-state index is 12.2. The number of carbonyl (C=O) groups excluding carboxylic acids is 1. The van der Waals surface area contributed by atoms with Crippen LogP contribution in [-0.4, -0.2) is 15.6 Å². The molecule has 0 aliphatic rings. The number of nitrogens with zero attached hydrogens (tertiary/aromatic N) is 2. The van der Waals surface area contributed by atoms with Crippen LogP contribution in [0.1, 0.15) is 35.8 Å². The quantitative estimate of drug-likeness (QED) is 0.757. The maximum Gasteiger partial charge on any atom is 0.182 e. The van der Waals surface area contributed by atoms with Crippen molar-refractivity contribution in [2.24, 2.45) is 0 Å². The van der Waals surface area contributed by atoms with Crippen LogP contribution in [0.15, 0.2) is 41.0 Å². The molecule has 19 heavy (non-hydrogen) atoms. The summed E-state index contributed by atoms with van der Waals surface area (Å²) in [6.45, 7) is 2.70. The van der Waals surface area contributed by atoms with Crippen molar-refractivity contribution in [2.45, 2.75) is 32.7 Å². The van der Waals surface area contributed by atoms with E-state index in [1.165, 1.54) is 5.56 Å². The van der Waals surface area contributed by atoms with Gasteiger partial charge in [0.2, 0.25) is 0 Å². The van der Waals surface area contributed by atoms with Crippen molar-refractivity contribution in [2.75, 3.05) is 0 Å². The summed E-state index contributed by atoms with van der Waals surface area (Å²) in [4.78, 5) is 12.2. The van der Waals surface area contributed by atoms with Crippen LogP contribution in [0, 0.1) is 0 Å². The first-order chi connectivity index (χ1) is 9.22. The second kappa shape index (κ2) is 6.66. The predicted molar refractivity (Wildman–Crippen MR) is 79.3 cm³/mol. The van der Waals surface area contributed by atoms with E-state index in [-0.39, 0.29) is 5.78 Å². The topological polar surface area (TPSA) is 34.9 Å². The lowest BCUT2D eigenvalue weighted by atomic mass is 10.1. The Labute approximate surface area is 121 Å². The van der Waals surface area contributed by atoms with E-state index in [4.69, 9.17) is 0 Å². The van der Waals surface area contributed by atoms with Gasteiger partial charge in [-0.15, -0.1) is 0 Å². The molecule has 100 valence electrons. The van der Waals surface area contributed by atoms with Crippen molar-refractivity contribution in [1.82, 2.24) is 9.78 Å². The third-order valence-corrected chi connectivity index (χ3v) is 3.65. The van der Waals surface area contributed by atoms with Crippen LogP contribution < -0.4 is 0 Å². The van der Waals surface area contributed by atoms with Crippen LogP contribution in [0.25, 0.3) is 0 Å². The Balaban J connectivity index is 1.93. The molecule has 0 amide bonds. The average Bonchev–Trinajstić information content (AvgIpc) is 2.81. The fraction of sp³-hybridized carbons (Fsp3) is 0.333. The largest absolute Gasteiger partial charge is 0.292 e. The highest BCUT2D eigenvalue weighted by Gasteiger charge is 2.15. The monoisotopic (exact) mass is 320 g/mol. The van der Waals surface area contributed by atoms with E-state index in [2.05, 4.69) is 33.2 Å². The molecule has 1 aromatic carbocycles. The Morgan fingerprint density at radius 1 is 1.32 bits per heavy atom. The third kappa shape index (κ3) is 3.53. The van der Waals surface area contributed by atoms with E-state index >= 15 is 0 Å². The molecular weight excluding hydrogens is 304 g/mol. The van der Waals surface area contributed by atoms with Gasteiger partial charge in [0.05, 0.1) is 10.7 Å². The van der Waals surface area contributed by atoms with Gasteiger partial charge in [0.1, 0.15) is 5.69 Å². The fourth-order valence-corrected chi connectivity index (χ4v) is 2.61. The minimum atomic E-state index is 0.155. The van der Waals surface area contributed by atoms with E-state index in [0.29, 0.717) is 18.7 Å². The van der Waals surface area contributed by atoms with E-state index in [0.717, 1.165) is 17.3 Å². The molecule has 1 aromatic heterocycles. The molecule has 0 N–H and O–H groups in total. The zero-order valence-corrected chi connectivity index (χ0v) is 12.6. The van der Waals surface area contributed by atoms with Gasteiger partial charge in [0.25, 0.3) is 0 Å². The Kier molecular flexibility index (Phi) is 4.91. The zero-order chi connectivity index (χ0) is 13.7. The van der Waals surface area contributed by atoms with Crippen LogP contribution in [0.2, 0.25) is 0 Å². The van der Waals surface area contributed by atoms with Gasteiger partial charge in [-0.05, 0) is 41.3 Å². The molecule has 0 unspecified atom stereocenters. The van der Waals surface area contributed by atoms with Crippen LogP contribution in [0.3, 0.4) is 0 Å². The second-order valence-electron chi connectivity index (χ2n) is 4.42. The molecule has 0 aliphatic carbocycles. The van der Waals surface area contributed by atoms with Gasteiger partial charge in [-0.2, -0.15) is 5.10 Å². The number of rotatable bonds is 6. The fourth-order valence-electron chi connectivity index (χ4n) is 2.10. The van der Waals surface area contributed by atoms with Crippen LogP contribution >= 0.6 is 15.9 Å². The van der Waals surface area contributed by atoms with E-state index in [1.807, 2.05) is 25.1 Å². The Hall–Kier alpha value is -1.42. The first-order valence-electron chi connectivity index (χ1n) is 6.50. The van der Waals surface area contributed by atoms with Crippen LogP contribution in [0.4, 0.5) is 0 Å². The van der Waals surface area contributed by atoms with E-state index < -0.39 is 0 Å². The van der Waals surface area contributed by atoms with Crippen molar-refractivity contribution in [3.05, 3.63) is 52.3 Å².